The maximum atomic E-state index is 15.1. The highest BCUT2D eigenvalue weighted by Gasteiger charge is 2.38. The van der Waals surface area contributed by atoms with Crippen molar-refractivity contribution < 1.29 is 61.6 Å². The standard InChI is InChI=1S/C67H85N10O13P/c1-11-86-65(83)74-55-27-24-53-47(49(55)40-58(74)62(80)70(10)34-19-15-14-18-33-69(9)45(8)78)30-36-72(53)64(82)60-42-51-48-31-37-73(54(48)25-28-57(51)76(60)67(85)88-13-3)63(81)59-41-50-46-29-35-71(52(46)23-26-56(50)75(59)66(84)87-12-2)61(79)22-17-16-20-38-89-91(90-39-21-32-68)77(43(4)5)44(6)7/h23-28,40-44H,11-22,29-31,33-39H2,1-10H3. The van der Waals surface area contributed by atoms with Crippen molar-refractivity contribution >= 4 is 106 Å². The van der Waals surface area contributed by atoms with E-state index in [1.165, 1.54) is 20.6 Å². The van der Waals surface area contributed by atoms with Crippen LogP contribution in [0.15, 0.2) is 54.6 Å². The molecule has 6 heterocycles. The van der Waals surface area contributed by atoms with E-state index in [0.29, 0.717) is 115 Å². The van der Waals surface area contributed by atoms with Crippen LogP contribution in [0.2, 0.25) is 0 Å². The summed E-state index contributed by atoms with van der Waals surface area (Å²) in [6.07, 6.45) is 5.09. The number of rotatable bonds is 26. The lowest BCUT2D eigenvalue weighted by Gasteiger charge is -2.35. The summed E-state index contributed by atoms with van der Waals surface area (Å²) in [6.45, 7) is 17.9. The van der Waals surface area contributed by atoms with Crippen LogP contribution in [0.25, 0.3) is 32.7 Å². The number of carbonyl (C=O) groups is 8. The van der Waals surface area contributed by atoms with Crippen LogP contribution in [0, 0.1) is 11.3 Å². The molecule has 0 aliphatic carbocycles. The number of carbonyl (C=O) groups excluding carboxylic acids is 8. The third kappa shape index (κ3) is 13.9. The molecule has 3 aliphatic rings. The number of hydrogen-bond acceptors (Lipinski definition) is 15. The number of benzene rings is 3. The van der Waals surface area contributed by atoms with Gasteiger partial charge < -0.3 is 47.8 Å². The van der Waals surface area contributed by atoms with Gasteiger partial charge in [-0.25, -0.2) is 32.8 Å². The molecule has 0 saturated heterocycles. The summed E-state index contributed by atoms with van der Waals surface area (Å²) >= 11 is 0. The van der Waals surface area contributed by atoms with Crippen molar-refractivity contribution in [2.75, 3.05) is 94.6 Å². The smallest absolute Gasteiger partial charge is 0.419 e. The first-order valence-electron chi connectivity index (χ1n) is 31.9. The molecule has 1 atom stereocenters. The van der Waals surface area contributed by atoms with Gasteiger partial charge in [-0.15, -0.1) is 0 Å². The summed E-state index contributed by atoms with van der Waals surface area (Å²) in [5.41, 5.74) is 5.65. The minimum absolute atomic E-state index is 0.0138. The van der Waals surface area contributed by atoms with E-state index in [4.69, 9.17) is 28.5 Å². The molecule has 1 unspecified atom stereocenters. The van der Waals surface area contributed by atoms with Crippen LogP contribution in [0.4, 0.5) is 31.4 Å². The van der Waals surface area contributed by atoms with Gasteiger partial charge in [-0.2, -0.15) is 5.26 Å². The first kappa shape index (κ1) is 67.2. The molecule has 486 valence electrons. The molecule has 0 saturated carbocycles. The molecule has 24 heteroatoms. The Morgan fingerprint density at radius 1 is 0.538 bits per heavy atom. The van der Waals surface area contributed by atoms with Crippen LogP contribution in [-0.4, -0.2) is 168 Å². The molecule has 0 N–H and O–H groups in total. The normalized spacial score (nSPS) is 13.8. The first-order valence-corrected chi connectivity index (χ1v) is 33.1. The Balaban J connectivity index is 0.944. The summed E-state index contributed by atoms with van der Waals surface area (Å²) in [5.74, 6) is -1.34. The van der Waals surface area contributed by atoms with Gasteiger partial charge >= 0.3 is 18.3 Å². The quantitative estimate of drug-likeness (QED) is 0.0279. The number of nitrogens with zero attached hydrogens (tertiary/aromatic N) is 10. The number of unbranched alkanes of at least 4 members (excludes halogenated alkanes) is 5. The van der Waals surface area contributed by atoms with Crippen molar-refractivity contribution in [2.24, 2.45) is 0 Å². The van der Waals surface area contributed by atoms with Crippen molar-refractivity contribution in [2.45, 2.75) is 145 Å². The maximum Gasteiger partial charge on any atom is 0.419 e. The van der Waals surface area contributed by atoms with E-state index in [2.05, 4.69) is 38.4 Å². The van der Waals surface area contributed by atoms with Crippen LogP contribution >= 0.6 is 8.53 Å². The van der Waals surface area contributed by atoms with Gasteiger partial charge in [0.15, 0.2) is 0 Å². The highest BCUT2D eigenvalue weighted by Crippen LogP contribution is 2.47. The molecule has 0 spiro atoms. The fraction of sp³-hybridized carbons (Fsp3) is 0.507. The fourth-order valence-electron chi connectivity index (χ4n) is 12.8. The van der Waals surface area contributed by atoms with E-state index in [9.17, 15) is 28.8 Å². The van der Waals surface area contributed by atoms with Crippen LogP contribution in [0.5, 0.6) is 0 Å². The van der Waals surface area contributed by atoms with E-state index in [1.807, 2.05) is 6.07 Å². The number of ether oxygens (including phenoxy) is 3. The number of hydrogen-bond donors (Lipinski definition) is 0. The zero-order valence-corrected chi connectivity index (χ0v) is 55.0. The minimum Gasteiger partial charge on any atom is -0.449 e. The van der Waals surface area contributed by atoms with E-state index < -0.39 is 38.6 Å². The van der Waals surface area contributed by atoms with E-state index in [-0.39, 0.29) is 86.2 Å². The minimum atomic E-state index is -1.35. The second-order valence-corrected chi connectivity index (χ2v) is 25.1. The van der Waals surface area contributed by atoms with Crippen LogP contribution in [0.3, 0.4) is 0 Å². The summed E-state index contributed by atoms with van der Waals surface area (Å²) < 4.78 is 34.9. The molecule has 5 amide bonds. The predicted molar refractivity (Wildman–Crippen MR) is 348 cm³/mol. The zero-order chi connectivity index (χ0) is 65.4. The lowest BCUT2D eigenvalue weighted by atomic mass is 10.1. The summed E-state index contributed by atoms with van der Waals surface area (Å²) in [6, 6.07) is 18.0. The SMILES string of the molecule is CCOC(=O)n1c(C(=O)N2CCc3c2ccc2c3cc(C(=O)N3CCc4c3ccc3c4cc(C(=O)N(C)CCCCCCN(C)C(C)=O)n3C(=O)OCC)n2C(=O)OCC)cc2c3c(ccc21)N(C(=O)CCCCCOP(OCCC#N)N(C(C)C)C(C)C)CC3. The molecule has 0 fully saturated rings. The Morgan fingerprint density at radius 3 is 1.38 bits per heavy atom. The topological polar surface area (TPSA) is 241 Å². The number of amides is 5. The van der Waals surface area contributed by atoms with Crippen LogP contribution in [0.1, 0.15) is 161 Å². The third-order valence-corrected chi connectivity index (χ3v) is 19.3. The van der Waals surface area contributed by atoms with Crippen molar-refractivity contribution in [1.82, 2.24) is 28.2 Å². The average molecular weight is 1270 g/mol. The van der Waals surface area contributed by atoms with Crippen molar-refractivity contribution in [3.05, 3.63) is 88.4 Å². The number of aromatic nitrogens is 3. The molecular formula is C67H85N10O13P. The Bertz CT molecular complexity index is 3790. The predicted octanol–water partition coefficient (Wildman–Crippen LogP) is 11.8. The van der Waals surface area contributed by atoms with Gasteiger partial charge in [-0.05, 0) is 165 Å². The van der Waals surface area contributed by atoms with Gasteiger partial charge in [0.2, 0.25) is 11.8 Å². The average Bonchev–Trinajstić information content (AvgIpc) is 1.59. The molecule has 91 heavy (non-hydrogen) atoms. The molecule has 3 aliphatic heterocycles. The number of fused-ring (bicyclic) bond motifs is 9. The van der Waals surface area contributed by atoms with Crippen LogP contribution in [-0.2, 0) is 52.1 Å². The number of nitriles is 1. The van der Waals surface area contributed by atoms with Gasteiger partial charge in [0, 0.05) is 105 Å². The Kier molecular flexibility index (Phi) is 22.1. The van der Waals surface area contributed by atoms with Crippen molar-refractivity contribution in [3.63, 3.8) is 0 Å². The Labute approximate surface area is 532 Å². The van der Waals surface area contributed by atoms with Crippen LogP contribution < -0.4 is 14.7 Å². The lowest BCUT2D eigenvalue weighted by molar-refractivity contribution is -0.127. The molecule has 6 aromatic rings. The molecule has 0 bridgehead atoms. The largest absolute Gasteiger partial charge is 0.449 e. The zero-order valence-electron chi connectivity index (χ0n) is 54.1. The molecular weight excluding hydrogens is 1180 g/mol. The van der Waals surface area contributed by atoms with Gasteiger partial charge in [-0.3, -0.25) is 24.0 Å². The van der Waals surface area contributed by atoms with E-state index in [0.717, 1.165) is 55.3 Å². The van der Waals surface area contributed by atoms with E-state index in [1.54, 1.807) is 108 Å². The monoisotopic (exact) mass is 1270 g/mol. The highest BCUT2D eigenvalue weighted by molar-refractivity contribution is 7.44. The Hall–Kier alpha value is -8.16. The summed E-state index contributed by atoms with van der Waals surface area (Å²) in [7, 11) is 2.12. The second kappa shape index (κ2) is 29.9. The lowest BCUT2D eigenvalue weighted by Crippen LogP contribution is -2.33. The molecule has 3 aromatic carbocycles. The number of anilines is 3. The third-order valence-electron chi connectivity index (χ3n) is 17.2. The molecule has 23 nitrogen and oxygen atoms in total. The molecule has 9 rings (SSSR count). The molecule has 3 aromatic heterocycles. The Morgan fingerprint density at radius 2 is 0.945 bits per heavy atom. The maximum absolute atomic E-state index is 15.1. The highest BCUT2D eigenvalue weighted by atomic mass is 31.2. The van der Waals surface area contributed by atoms with Gasteiger partial charge in [0.25, 0.3) is 26.2 Å². The van der Waals surface area contributed by atoms with Gasteiger partial charge in [0.05, 0.1) is 62.1 Å². The van der Waals surface area contributed by atoms with E-state index >= 15 is 9.59 Å². The molecule has 0 radical (unpaired) electrons. The fourth-order valence-corrected chi connectivity index (χ4v) is 14.4. The van der Waals surface area contributed by atoms with Crippen molar-refractivity contribution in [3.8, 4) is 6.07 Å². The summed E-state index contributed by atoms with van der Waals surface area (Å²) in [4.78, 5) is 120. The van der Waals surface area contributed by atoms with Crippen molar-refractivity contribution in [1.29, 1.82) is 5.26 Å². The first-order chi connectivity index (χ1) is 43.8. The second-order valence-electron chi connectivity index (χ2n) is 23.7. The van der Waals surface area contributed by atoms with Gasteiger partial charge in [-0.1, -0.05) is 19.3 Å². The van der Waals surface area contributed by atoms with Gasteiger partial charge in [0.1, 0.15) is 17.1 Å². The summed E-state index contributed by atoms with van der Waals surface area (Å²) in [5, 5.41) is 10.9.